The van der Waals surface area contributed by atoms with Crippen LogP contribution >= 0.6 is 0 Å². The minimum absolute atomic E-state index is 0.216. The molecule has 1 N–H and O–H groups in total. The minimum Gasteiger partial charge on any atom is -0.377 e. The van der Waals surface area contributed by atoms with Crippen molar-refractivity contribution >= 4 is 0 Å². The maximum Gasteiger partial charge on any atom is 0.0843 e. The van der Waals surface area contributed by atoms with Crippen LogP contribution in [-0.2, 0) is 18.2 Å². The predicted octanol–water partition coefficient (Wildman–Crippen LogP) is 1.15. The van der Waals surface area contributed by atoms with Crippen LogP contribution in [0.5, 0.6) is 0 Å². The highest BCUT2D eigenvalue weighted by molar-refractivity contribution is 5.00. The number of methoxy groups -OCH3 is 1. The van der Waals surface area contributed by atoms with E-state index in [-0.39, 0.29) is 11.6 Å². The van der Waals surface area contributed by atoms with Gasteiger partial charge in [0.05, 0.1) is 11.3 Å². The molecule has 0 bridgehead atoms. The molecule has 98 valence electrons. The predicted molar refractivity (Wildman–Crippen MR) is 67.9 cm³/mol. The topological polar surface area (TPSA) is 52.0 Å². The Kier molecular flexibility index (Phi) is 5.08. The number of rotatable bonds is 7. The highest BCUT2D eigenvalue weighted by Crippen LogP contribution is 2.17. The number of ether oxygens (including phenoxy) is 1. The summed E-state index contributed by atoms with van der Waals surface area (Å²) in [4.78, 5) is 0. The highest BCUT2D eigenvalue weighted by Gasteiger charge is 2.29. The molecule has 0 aromatic carbocycles. The van der Waals surface area contributed by atoms with Gasteiger partial charge in [0, 0.05) is 32.8 Å². The van der Waals surface area contributed by atoms with Crippen LogP contribution in [0.3, 0.4) is 0 Å². The number of nitrogens with zero attached hydrogens (tertiary/aromatic N) is 3. The average molecular weight is 240 g/mol. The lowest BCUT2D eigenvalue weighted by Gasteiger charge is -2.33. The fraction of sp³-hybridized carbons (Fsp3) is 0.833. The van der Waals surface area contributed by atoms with Crippen molar-refractivity contribution in [1.29, 1.82) is 0 Å². The standard InChI is InChI=1S/C12H24N4O/c1-6-7-13-11(12(2,3)17-5)8-10-9-16(4)15-14-10/h9,11,13H,6-8H2,1-5H3. The second-order valence-corrected chi connectivity index (χ2v) is 4.90. The van der Waals surface area contributed by atoms with Gasteiger partial charge in [-0.3, -0.25) is 4.68 Å². The van der Waals surface area contributed by atoms with E-state index in [0.29, 0.717) is 0 Å². The van der Waals surface area contributed by atoms with Gasteiger partial charge in [-0.25, -0.2) is 0 Å². The molecule has 1 rings (SSSR count). The molecule has 0 radical (unpaired) electrons. The third-order valence-corrected chi connectivity index (χ3v) is 3.07. The van der Waals surface area contributed by atoms with Crippen molar-refractivity contribution in [3.05, 3.63) is 11.9 Å². The van der Waals surface area contributed by atoms with Crippen molar-refractivity contribution in [2.24, 2.45) is 7.05 Å². The first-order valence-corrected chi connectivity index (χ1v) is 6.13. The van der Waals surface area contributed by atoms with Crippen LogP contribution in [-0.4, -0.2) is 40.3 Å². The molecule has 0 aliphatic carbocycles. The minimum atomic E-state index is -0.216. The summed E-state index contributed by atoms with van der Waals surface area (Å²) in [6, 6.07) is 0.240. The summed E-state index contributed by atoms with van der Waals surface area (Å²) in [5.74, 6) is 0. The largest absolute Gasteiger partial charge is 0.377 e. The molecular weight excluding hydrogens is 216 g/mol. The van der Waals surface area contributed by atoms with Crippen molar-refractivity contribution in [2.75, 3.05) is 13.7 Å². The fourth-order valence-corrected chi connectivity index (χ4v) is 1.72. The van der Waals surface area contributed by atoms with E-state index in [4.69, 9.17) is 4.74 Å². The Hall–Kier alpha value is -0.940. The van der Waals surface area contributed by atoms with Gasteiger partial charge in [-0.15, -0.1) is 5.10 Å². The summed E-state index contributed by atoms with van der Waals surface area (Å²) in [6.07, 6.45) is 3.89. The lowest BCUT2D eigenvalue weighted by molar-refractivity contribution is -0.0102. The highest BCUT2D eigenvalue weighted by atomic mass is 16.5. The summed E-state index contributed by atoms with van der Waals surface area (Å²) in [5, 5.41) is 11.6. The molecule has 17 heavy (non-hydrogen) atoms. The van der Waals surface area contributed by atoms with Crippen molar-refractivity contribution < 1.29 is 4.74 Å². The smallest absolute Gasteiger partial charge is 0.0843 e. The first-order chi connectivity index (χ1) is 7.99. The molecule has 0 aliphatic rings. The van der Waals surface area contributed by atoms with Crippen molar-refractivity contribution in [1.82, 2.24) is 20.3 Å². The molecule has 0 amide bonds. The maximum absolute atomic E-state index is 5.56. The Labute approximate surface area is 104 Å². The van der Waals surface area contributed by atoms with Gasteiger partial charge in [0.25, 0.3) is 0 Å². The Bertz CT molecular complexity index is 335. The van der Waals surface area contributed by atoms with Crippen LogP contribution in [0.4, 0.5) is 0 Å². The Morgan fingerprint density at radius 1 is 1.53 bits per heavy atom. The normalized spacial score (nSPS) is 13.9. The molecule has 0 fully saturated rings. The molecular formula is C12H24N4O. The Balaban J connectivity index is 2.69. The molecule has 5 nitrogen and oxygen atoms in total. The zero-order valence-electron chi connectivity index (χ0n) is 11.5. The van der Waals surface area contributed by atoms with Gasteiger partial charge < -0.3 is 10.1 Å². The summed E-state index contributed by atoms with van der Waals surface area (Å²) in [5.41, 5.74) is 0.776. The number of nitrogens with one attached hydrogen (secondary N) is 1. The van der Waals surface area contributed by atoms with E-state index < -0.39 is 0 Å². The quantitative estimate of drug-likeness (QED) is 0.777. The zero-order chi connectivity index (χ0) is 12.9. The molecule has 1 heterocycles. The monoisotopic (exact) mass is 240 g/mol. The van der Waals surface area contributed by atoms with Gasteiger partial charge >= 0.3 is 0 Å². The van der Waals surface area contributed by atoms with E-state index in [0.717, 1.165) is 25.1 Å². The molecule has 1 aromatic rings. The van der Waals surface area contributed by atoms with E-state index >= 15 is 0 Å². The average Bonchev–Trinajstić information content (AvgIpc) is 2.70. The molecule has 1 aromatic heterocycles. The van der Waals surface area contributed by atoms with Crippen molar-refractivity contribution in [2.45, 2.75) is 45.3 Å². The maximum atomic E-state index is 5.56. The van der Waals surface area contributed by atoms with Gasteiger partial charge in [0.15, 0.2) is 0 Å². The SMILES string of the molecule is CCCNC(Cc1cn(C)nn1)C(C)(C)OC. The summed E-state index contributed by atoms with van der Waals surface area (Å²) < 4.78 is 7.29. The first kappa shape index (κ1) is 14.1. The third-order valence-electron chi connectivity index (χ3n) is 3.07. The van der Waals surface area contributed by atoms with Gasteiger partial charge in [-0.2, -0.15) is 0 Å². The molecule has 0 saturated carbocycles. The molecule has 0 spiro atoms. The fourth-order valence-electron chi connectivity index (χ4n) is 1.72. The van der Waals surface area contributed by atoms with E-state index in [1.165, 1.54) is 0 Å². The number of hydrogen-bond donors (Lipinski definition) is 1. The van der Waals surface area contributed by atoms with Crippen LogP contribution < -0.4 is 5.32 Å². The Morgan fingerprint density at radius 2 is 2.24 bits per heavy atom. The van der Waals surface area contributed by atoms with Crippen molar-refractivity contribution in [3.8, 4) is 0 Å². The van der Waals surface area contributed by atoms with Gasteiger partial charge in [-0.1, -0.05) is 12.1 Å². The van der Waals surface area contributed by atoms with Crippen LogP contribution in [0, 0.1) is 0 Å². The van der Waals surface area contributed by atoms with Gasteiger partial charge in [0.1, 0.15) is 0 Å². The van der Waals surface area contributed by atoms with Crippen molar-refractivity contribution in [3.63, 3.8) is 0 Å². The summed E-state index contributed by atoms with van der Waals surface area (Å²) in [6.45, 7) is 7.33. The number of aryl methyl sites for hydroxylation is 1. The molecule has 5 heteroatoms. The van der Waals surface area contributed by atoms with E-state index in [9.17, 15) is 0 Å². The lowest BCUT2D eigenvalue weighted by atomic mass is 9.94. The van der Waals surface area contributed by atoms with Crippen LogP contribution in [0.1, 0.15) is 32.9 Å². The van der Waals surface area contributed by atoms with E-state index in [2.05, 4.69) is 36.4 Å². The Morgan fingerprint density at radius 3 is 2.71 bits per heavy atom. The van der Waals surface area contributed by atoms with E-state index in [1.807, 2.05) is 13.2 Å². The molecule has 0 saturated heterocycles. The van der Waals surface area contributed by atoms with E-state index in [1.54, 1.807) is 11.8 Å². The second-order valence-electron chi connectivity index (χ2n) is 4.90. The summed E-state index contributed by atoms with van der Waals surface area (Å²) in [7, 11) is 3.63. The van der Waals surface area contributed by atoms with Crippen LogP contribution in [0.15, 0.2) is 6.20 Å². The third kappa shape index (κ3) is 4.09. The van der Waals surface area contributed by atoms with Crippen LogP contribution in [0.25, 0.3) is 0 Å². The molecule has 0 aliphatic heterocycles. The second kappa shape index (κ2) is 6.12. The van der Waals surface area contributed by atoms with Gasteiger partial charge in [0.2, 0.25) is 0 Å². The number of aromatic nitrogens is 3. The lowest BCUT2D eigenvalue weighted by Crippen LogP contribution is -2.49. The zero-order valence-corrected chi connectivity index (χ0v) is 11.5. The first-order valence-electron chi connectivity index (χ1n) is 6.13. The summed E-state index contributed by atoms with van der Waals surface area (Å²) >= 11 is 0. The number of hydrogen-bond acceptors (Lipinski definition) is 4. The van der Waals surface area contributed by atoms with Crippen LogP contribution in [0.2, 0.25) is 0 Å². The molecule has 1 unspecified atom stereocenters. The molecule has 1 atom stereocenters. The van der Waals surface area contributed by atoms with Gasteiger partial charge in [-0.05, 0) is 26.8 Å².